The lowest BCUT2D eigenvalue weighted by molar-refractivity contribution is -0.151. The van der Waals surface area contributed by atoms with Crippen molar-refractivity contribution in [2.75, 3.05) is 6.54 Å². The maximum Gasteiger partial charge on any atom is 0.246 e. The monoisotopic (exact) mass is 282 g/mol. The summed E-state index contributed by atoms with van der Waals surface area (Å²) in [5.41, 5.74) is 0. The van der Waals surface area contributed by atoms with Crippen LogP contribution >= 0.6 is 0 Å². The molecule has 0 aromatic carbocycles. The average molecular weight is 282 g/mol. The van der Waals surface area contributed by atoms with E-state index in [4.69, 9.17) is 0 Å². The third kappa shape index (κ3) is 3.97. The van der Waals surface area contributed by atoms with Crippen LogP contribution in [0.2, 0.25) is 0 Å². The van der Waals surface area contributed by atoms with Gasteiger partial charge in [-0.1, -0.05) is 47.5 Å². The van der Waals surface area contributed by atoms with Crippen LogP contribution in [0.3, 0.4) is 0 Å². The summed E-state index contributed by atoms with van der Waals surface area (Å²) in [6.45, 7) is 11.0. The van der Waals surface area contributed by atoms with Crippen molar-refractivity contribution in [3.8, 4) is 0 Å². The molecular formula is C16H30N2O2. The molecule has 1 aliphatic heterocycles. The Hall–Kier alpha value is -1.06. The highest BCUT2D eigenvalue weighted by Crippen LogP contribution is 2.21. The fourth-order valence-electron chi connectivity index (χ4n) is 2.93. The molecule has 0 bridgehead atoms. The smallest absolute Gasteiger partial charge is 0.246 e. The van der Waals surface area contributed by atoms with Crippen molar-refractivity contribution in [3.05, 3.63) is 0 Å². The molecule has 4 nitrogen and oxygen atoms in total. The number of carbonyl (C=O) groups is 2. The molecule has 1 fully saturated rings. The van der Waals surface area contributed by atoms with E-state index in [1.807, 2.05) is 18.7 Å². The number of hydrogen-bond donors (Lipinski definition) is 1. The first-order chi connectivity index (χ1) is 9.42. The van der Waals surface area contributed by atoms with Gasteiger partial charge in [-0.15, -0.1) is 0 Å². The van der Waals surface area contributed by atoms with Crippen molar-refractivity contribution in [1.29, 1.82) is 0 Å². The van der Waals surface area contributed by atoms with E-state index < -0.39 is 0 Å². The van der Waals surface area contributed by atoms with E-state index in [0.29, 0.717) is 12.5 Å². The Morgan fingerprint density at radius 3 is 2.30 bits per heavy atom. The Morgan fingerprint density at radius 2 is 1.80 bits per heavy atom. The lowest BCUT2D eigenvalue weighted by Crippen LogP contribution is -2.65. The molecule has 20 heavy (non-hydrogen) atoms. The number of amides is 2. The van der Waals surface area contributed by atoms with Gasteiger partial charge in [0.05, 0.1) is 0 Å². The Labute approximate surface area is 123 Å². The Morgan fingerprint density at radius 1 is 1.15 bits per heavy atom. The van der Waals surface area contributed by atoms with Crippen LogP contribution in [0.5, 0.6) is 0 Å². The van der Waals surface area contributed by atoms with E-state index in [1.165, 1.54) is 0 Å². The summed E-state index contributed by atoms with van der Waals surface area (Å²) in [6, 6.07) is -0.633. The van der Waals surface area contributed by atoms with Crippen molar-refractivity contribution < 1.29 is 9.59 Å². The van der Waals surface area contributed by atoms with Gasteiger partial charge < -0.3 is 10.2 Å². The minimum atomic E-state index is -0.357. The summed E-state index contributed by atoms with van der Waals surface area (Å²) in [6.07, 6.45) is 3.87. The van der Waals surface area contributed by atoms with Gasteiger partial charge in [-0.05, 0) is 24.7 Å². The summed E-state index contributed by atoms with van der Waals surface area (Å²) >= 11 is 0. The second-order valence-electron chi connectivity index (χ2n) is 6.42. The van der Waals surface area contributed by atoms with Crippen LogP contribution in [0.15, 0.2) is 0 Å². The molecule has 0 saturated carbocycles. The van der Waals surface area contributed by atoms with E-state index in [2.05, 4.69) is 26.1 Å². The SMILES string of the molecule is CCCC(C)CN1C(=O)C(C(C)C)NC(=O)C1CCC. The highest BCUT2D eigenvalue weighted by molar-refractivity contribution is 5.97. The predicted molar refractivity (Wildman–Crippen MR) is 81.2 cm³/mol. The number of nitrogens with one attached hydrogen (secondary N) is 1. The zero-order valence-corrected chi connectivity index (χ0v) is 13.6. The number of rotatable bonds is 7. The van der Waals surface area contributed by atoms with Crippen molar-refractivity contribution in [1.82, 2.24) is 10.2 Å². The zero-order valence-electron chi connectivity index (χ0n) is 13.6. The molecule has 0 aromatic heterocycles. The van der Waals surface area contributed by atoms with Crippen LogP contribution in [0, 0.1) is 11.8 Å². The summed E-state index contributed by atoms with van der Waals surface area (Å²) in [5, 5.41) is 2.91. The maximum atomic E-state index is 12.6. The predicted octanol–water partition coefficient (Wildman–Crippen LogP) is 2.57. The molecule has 1 N–H and O–H groups in total. The molecular weight excluding hydrogens is 252 g/mol. The molecule has 1 aliphatic rings. The molecule has 0 aliphatic carbocycles. The van der Waals surface area contributed by atoms with E-state index >= 15 is 0 Å². The lowest BCUT2D eigenvalue weighted by atomic mass is 9.94. The van der Waals surface area contributed by atoms with Gasteiger partial charge >= 0.3 is 0 Å². The van der Waals surface area contributed by atoms with Gasteiger partial charge in [-0.2, -0.15) is 0 Å². The second-order valence-corrected chi connectivity index (χ2v) is 6.42. The van der Waals surface area contributed by atoms with E-state index in [-0.39, 0.29) is 29.8 Å². The summed E-state index contributed by atoms with van der Waals surface area (Å²) in [4.78, 5) is 26.8. The van der Waals surface area contributed by atoms with E-state index in [1.54, 1.807) is 0 Å². The van der Waals surface area contributed by atoms with Crippen molar-refractivity contribution in [2.24, 2.45) is 11.8 Å². The highest BCUT2D eigenvalue weighted by Gasteiger charge is 2.41. The molecule has 3 atom stereocenters. The topological polar surface area (TPSA) is 49.4 Å². The van der Waals surface area contributed by atoms with Gasteiger partial charge in [-0.3, -0.25) is 9.59 Å². The Kier molecular flexibility index (Phi) is 6.50. The van der Waals surface area contributed by atoms with Crippen LogP contribution < -0.4 is 5.32 Å². The molecule has 0 radical (unpaired) electrons. The summed E-state index contributed by atoms with van der Waals surface area (Å²) in [7, 11) is 0. The van der Waals surface area contributed by atoms with Gasteiger partial charge in [0, 0.05) is 6.54 Å². The molecule has 2 amide bonds. The number of hydrogen-bond acceptors (Lipinski definition) is 2. The number of nitrogens with zero attached hydrogens (tertiary/aromatic N) is 1. The van der Waals surface area contributed by atoms with Gasteiger partial charge in [0.2, 0.25) is 11.8 Å². The van der Waals surface area contributed by atoms with E-state index in [9.17, 15) is 9.59 Å². The molecule has 1 rings (SSSR count). The molecule has 0 spiro atoms. The summed E-state index contributed by atoms with van der Waals surface area (Å²) < 4.78 is 0. The third-order valence-electron chi connectivity index (χ3n) is 4.04. The number of piperazine rings is 1. The fraction of sp³-hybridized carbons (Fsp3) is 0.875. The third-order valence-corrected chi connectivity index (χ3v) is 4.04. The molecule has 3 unspecified atom stereocenters. The normalized spacial score (nSPS) is 25.0. The average Bonchev–Trinajstić information content (AvgIpc) is 2.37. The summed E-state index contributed by atoms with van der Waals surface area (Å²) in [5.74, 6) is 0.704. The van der Waals surface area contributed by atoms with E-state index in [0.717, 1.165) is 25.7 Å². The van der Waals surface area contributed by atoms with Gasteiger partial charge in [0.1, 0.15) is 12.1 Å². The van der Waals surface area contributed by atoms with Crippen molar-refractivity contribution in [3.63, 3.8) is 0 Å². The minimum Gasteiger partial charge on any atom is -0.342 e. The largest absolute Gasteiger partial charge is 0.342 e. The molecule has 0 aromatic rings. The zero-order chi connectivity index (χ0) is 15.3. The van der Waals surface area contributed by atoms with Crippen LogP contribution in [-0.4, -0.2) is 35.3 Å². The lowest BCUT2D eigenvalue weighted by Gasteiger charge is -2.41. The van der Waals surface area contributed by atoms with Crippen LogP contribution in [-0.2, 0) is 9.59 Å². The first-order valence-corrected chi connectivity index (χ1v) is 8.03. The van der Waals surface area contributed by atoms with Crippen molar-refractivity contribution in [2.45, 2.75) is 72.4 Å². The molecule has 116 valence electrons. The first-order valence-electron chi connectivity index (χ1n) is 8.03. The molecule has 4 heteroatoms. The maximum absolute atomic E-state index is 12.6. The highest BCUT2D eigenvalue weighted by atomic mass is 16.2. The van der Waals surface area contributed by atoms with Gasteiger partial charge in [0.25, 0.3) is 0 Å². The Balaban J connectivity index is 2.89. The second kappa shape index (κ2) is 7.65. The molecule has 1 heterocycles. The first kappa shape index (κ1) is 17.0. The van der Waals surface area contributed by atoms with Gasteiger partial charge in [-0.25, -0.2) is 0 Å². The minimum absolute atomic E-state index is 0.0221. The van der Waals surface area contributed by atoms with Gasteiger partial charge in [0.15, 0.2) is 0 Å². The fourth-order valence-corrected chi connectivity index (χ4v) is 2.93. The van der Waals surface area contributed by atoms with Crippen molar-refractivity contribution >= 4 is 11.8 Å². The van der Waals surface area contributed by atoms with Crippen LogP contribution in [0.4, 0.5) is 0 Å². The quantitative estimate of drug-likeness (QED) is 0.780. The Bertz CT molecular complexity index is 341. The number of carbonyl (C=O) groups excluding carboxylic acids is 2. The standard InChI is InChI=1S/C16H30N2O2/c1-6-8-12(5)10-18-13(9-7-2)15(19)17-14(11(3)4)16(18)20/h11-14H,6-10H2,1-5H3,(H,17,19). The van der Waals surface area contributed by atoms with Crippen LogP contribution in [0.25, 0.3) is 0 Å². The molecule has 1 saturated heterocycles. The van der Waals surface area contributed by atoms with Crippen LogP contribution in [0.1, 0.15) is 60.3 Å².